The Labute approximate surface area is 558 Å². The van der Waals surface area contributed by atoms with Crippen LogP contribution in [0.4, 0.5) is 10.1 Å². The van der Waals surface area contributed by atoms with Crippen molar-refractivity contribution >= 4 is 104 Å². The summed E-state index contributed by atoms with van der Waals surface area (Å²) in [7, 11) is 0. The van der Waals surface area contributed by atoms with Crippen LogP contribution in [0.25, 0.3) is 159 Å². The molecule has 456 valence electrons. The van der Waals surface area contributed by atoms with Crippen LogP contribution >= 0.6 is 0 Å². The van der Waals surface area contributed by atoms with Crippen molar-refractivity contribution in [3.05, 3.63) is 361 Å². The van der Waals surface area contributed by atoms with Crippen LogP contribution in [-0.2, 0) is 0 Å². The first-order chi connectivity index (χ1) is 48.1. The number of para-hydroxylation sites is 6. The van der Waals surface area contributed by atoms with E-state index in [0.29, 0.717) is 0 Å². The van der Waals surface area contributed by atoms with Crippen molar-refractivity contribution in [1.82, 2.24) is 18.3 Å². The molecule has 0 saturated heterocycles. The molecule has 1 aliphatic rings. The summed E-state index contributed by atoms with van der Waals surface area (Å²) in [6.45, 7) is 0. The molecular weight excluding hydrogens is 1180 g/mol. The number of fused-ring (bicyclic) bond motifs is 15. The van der Waals surface area contributed by atoms with Gasteiger partial charge in [-0.3, -0.25) is 0 Å². The highest BCUT2D eigenvalue weighted by atomic mass is 19.1. The Balaban J connectivity index is 0.858. The third kappa shape index (κ3) is 8.48. The minimum Gasteiger partial charge on any atom is -0.628 e. The number of rotatable bonds is 9. The molecular formula is C90H58FN6-. The number of anilines is 1. The molecule has 0 radical (unpaired) electrons. The SMILES string of the molecule is Fc1cccc(-c2cccc(C3[N-]C(c4cc(-n5c6ccccc6c6c(-c7cccc8c7c7ccccc7n8-c7ccccc7)cccc65)cc(-n5c6ccccc6c6c(-c7cccc8c7c7ccccc7n8-c7ccccc7)cccc65)c4)c4c(ccc5ccccc45)N3)c2)c1. The van der Waals surface area contributed by atoms with Crippen molar-refractivity contribution in [2.24, 2.45) is 0 Å². The van der Waals surface area contributed by atoms with Gasteiger partial charge in [0.1, 0.15) is 5.82 Å². The van der Waals surface area contributed by atoms with Crippen molar-refractivity contribution in [3.63, 3.8) is 0 Å². The number of hydrogen-bond acceptors (Lipinski definition) is 1. The molecule has 0 spiro atoms. The maximum Gasteiger partial charge on any atom is 0.123 e. The number of benzene rings is 15. The first-order valence-corrected chi connectivity index (χ1v) is 33.3. The molecule has 97 heavy (non-hydrogen) atoms. The van der Waals surface area contributed by atoms with E-state index in [4.69, 9.17) is 5.32 Å². The maximum atomic E-state index is 14.9. The molecule has 1 aliphatic heterocycles. The van der Waals surface area contributed by atoms with E-state index in [1.54, 1.807) is 12.1 Å². The molecule has 7 heteroatoms. The van der Waals surface area contributed by atoms with Gasteiger partial charge in [-0.05, 0) is 171 Å². The number of nitrogens with one attached hydrogen (secondary N) is 1. The van der Waals surface area contributed by atoms with E-state index < -0.39 is 12.2 Å². The smallest absolute Gasteiger partial charge is 0.123 e. The number of aromatic nitrogens is 4. The summed E-state index contributed by atoms with van der Waals surface area (Å²) in [6.07, 6.45) is -0.461. The highest BCUT2D eigenvalue weighted by molar-refractivity contribution is 6.24. The van der Waals surface area contributed by atoms with Crippen molar-refractivity contribution < 1.29 is 4.39 Å². The standard InChI is InChI=1S/C90H58FN6/c91-61-27-18-25-58(52-61)57-24-17-26-59(51-57)90-92-75-50-49-56-23-7-8-32-66(56)88(75)89(93-90)60-53-64(96-78-43-15-11-35-73(78)86-69(39-21-47-82(86)96)67-37-19-45-80-84(67)71-33-9-13-41-76(71)94(80)62-28-3-1-4-29-62)55-65(54-60)97-79-44-16-12-36-74(79)87-70(40-22-48-83(87)97)68-38-20-46-81-85(68)72-34-10-14-42-77(72)95(81)63-30-5-2-6-31-63/h1-55,89-90,92H/q-1. The Morgan fingerprint density at radius 1 is 0.278 bits per heavy atom. The molecule has 2 unspecified atom stereocenters. The summed E-state index contributed by atoms with van der Waals surface area (Å²) in [6, 6.07) is 120. The van der Waals surface area contributed by atoms with E-state index >= 15 is 0 Å². The molecule has 0 saturated carbocycles. The van der Waals surface area contributed by atoms with Crippen molar-refractivity contribution in [2.45, 2.75) is 12.2 Å². The van der Waals surface area contributed by atoms with Gasteiger partial charge in [0, 0.05) is 71.5 Å². The summed E-state index contributed by atoms with van der Waals surface area (Å²) < 4.78 is 24.8. The van der Waals surface area contributed by atoms with Crippen molar-refractivity contribution in [3.8, 4) is 56.1 Å². The molecule has 15 aromatic carbocycles. The van der Waals surface area contributed by atoms with Gasteiger partial charge in [-0.1, -0.05) is 236 Å². The monoisotopic (exact) mass is 1240 g/mol. The fraction of sp³-hybridized carbons (Fsp3) is 0.0222. The largest absolute Gasteiger partial charge is 0.628 e. The molecule has 1 N–H and O–H groups in total. The minimum absolute atomic E-state index is 0.270. The second-order valence-electron chi connectivity index (χ2n) is 25.6. The van der Waals surface area contributed by atoms with Gasteiger partial charge in [0.2, 0.25) is 0 Å². The minimum atomic E-state index is -0.463. The van der Waals surface area contributed by atoms with Crippen LogP contribution in [0.1, 0.15) is 28.9 Å². The lowest BCUT2D eigenvalue weighted by atomic mass is 9.88. The van der Waals surface area contributed by atoms with Gasteiger partial charge in [0.15, 0.2) is 0 Å². The molecule has 0 fully saturated rings. The van der Waals surface area contributed by atoms with E-state index in [-0.39, 0.29) is 5.82 Å². The van der Waals surface area contributed by atoms with E-state index in [0.717, 1.165) is 111 Å². The maximum absolute atomic E-state index is 14.9. The highest BCUT2D eigenvalue weighted by Gasteiger charge is 2.28. The number of halogens is 1. The van der Waals surface area contributed by atoms with Crippen LogP contribution in [0.3, 0.4) is 0 Å². The number of nitrogens with zero attached hydrogens (tertiary/aromatic N) is 5. The van der Waals surface area contributed by atoms with Gasteiger partial charge in [0.05, 0.1) is 44.1 Å². The second-order valence-corrected chi connectivity index (χ2v) is 25.6. The molecule has 20 rings (SSSR count). The lowest BCUT2D eigenvalue weighted by molar-refractivity contribution is 0.628. The van der Waals surface area contributed by atoms with Crippen LogP contribution in [0.15, 0.2) is 334 Å². The fourth-order valence-electron chi connectivity index (χ4n) is 16.4. The first kappa shape index (κ1) is 55.0. The molecule has 5 heterocycles. The zero-order chi connectivity index (χ0) is 63.8. The van der Waals surface area contributed by atoms with Gasteiger partial charge < -0.3 is 28.9 Å². The summed E-state index contributed by atoms with van der Waals surface area (Å²) >= 11 is 0. The van der Waals surface area contributed by atoms with E-state index in [9.17, 15) is 4.39 Å². The van der Waals surface area contributed by atoms with Crippen LogP contribution in [-0.4, -0.2) is 18.3 Å². The van der Waals surface area contributed by atoms with E-state index in [2.05, 4.69) is 333 Å². The first-order valence-electron chi connectivity index (χ1n) is 33.3. The topological polar surface area (TPSA) is 45.9 Å². The van der Waals surface area contributed by atoms with Crippen LogP contribution in [0.5, 0.6) is 0 Å². The normalized spacial score (nSPS) is 14.1. The average molecular weight is 1240 g/mol. The zero-order valence-electron chi connectivity index (χ0n) is 52.5. The average Bonchev–Trinajstić information content (AvgIpc) is 1.59. The molecule has 6 nitrogen and oxygen atoms in total. The fourth-order valence-corrected chi connectivity index (χ4v) is 16.4. The molecule has 0 bridgehead atoms. The van der Waals surface area contributed by atoms with Gasteiger partial charge >= 0.3 is 0 Å². The molecule has 0 aliphatic carbocycles. The quantitative estimate of drug-likeness (QED) is 0.154. The van der Waals surface area contributed by atoms with Crippen LogP contribution in [0.2, 0.25) is 0 Å². The summed E-state index contributed by atoms with van der Waals surface area (Å²) in [5.74, 6) is -0.270. The molecule has 2 atom stereocenters. The summed E-state index contributed by atoms with van der Waals surface area (Å²) in [5, 5.41) is 21.8. The Bertz CT molecular complexity index is 6130. The number of hydrogen-bond donors (Lipinski definition) is 1. The van der Waals surface area contributed by atoms with Crippen LogP contribution in [0, 0.1) is 5.82 Å². The molecule has 4 aromatic heterocycles. The summed E-state index contributed by atoms with van der Waals surface area (Å²) in [5.41, 5.74) is 23.9. The summed E-state index contributed by atoms with van der Waals surface area (Å²) in [4.78, 5) is 0. The third-order valence-corrected chi connectivity index (χ3v) is 20.4. The van der Waals surface area contributed by atoms with Gasteiger partial charge in [-0.15, -0.1) is 0 Å². The predicted molar refractivity (Wildman–Crippen MR) is 402 cm³/mol. The van der Waals surface area contributed by atoms with E-state index in [1.165, 1.54) is 71.7 Å². The lowest BCUT2D eigenvalue weighted by Gasteiger charge is -2.48. The zero-order valence-corrected chi connectivity index (χ0v) is 52.5. The highest BCUT2D eigenvalue weighted by Crippen LogP contribution is 2.52. The Kier molecular flexibility index (Phi) is 12.3. The van der Waals surface area contributed by atoms with Gasteiger partial charge in [-0.25, -0.2) is 4.39 Å². The van der Waals surface area contributed by atoms with Gasteiger partial charge in [0.25, 0.3) is 0 Å². The Morgan fingerprint density at radius 3 is 1.12 bits per heavy atom. The third-order valence-electron chi connectivity index (χ3n) is 20.4. The second kappa shape index (κ2) is 21.8. The van der Waals surface area contributed by atoms with Crippen LogP contribution < -0.4 is 5.32 Å². The predicted octanol–water partition coefficient (Wildman–Crippen LogP) is 24.0. The van der Waals surface area contributed by atoms with Crippen molar-refractivity contribution in [1.29, 1.82) is 0 Å². The van der Waals surface area contributed by atoms with Crippen molar-refractivity contribution in [2.75, 3.05) is 5.32 Å². The van der Waals surface area contributed by atoms with E-state index in [1.807, 2.05) is 6.07 Å². The molecule has 19 aromatic rings. The molecule has 0 amide bonds. The van der Waals surface area contributed by atoms with Gasteiger partial charge in [-0.2, -0.15) is 0 Å². The Morgan fingerprint density at radius 2 is 0.660 bits per heavy atom. The lowest BCUT2D eigenvalue weighted by Crippen LogP contribution is -2.21. The Hall–Kier alpha value is -12.6.